The highest BCUT2D eigenvalue weighted by Gasteiger charge is 2.31. The Hall–Kier alpha value is -1.18. The standard InChI is InChI=1S/C17H17Cl2N/c1-11-4-2-3-5-15(11)12-8-14(9-12)20-17-7-6-13(18)10-16(17)19/h2-7,10,12,14,20H,8-9H2,1H3. The minimum atomic E-state index is 0.498. The molecule has 3 heteroatoms. The summed E-state index contributed by atoms with van der Waals surface area (Å²) in [6, 6.07) is 14.7. The quantitative estimate of drug-likeness (QED) is 0.771. The Kier molecular flexibility index (Phi) is 3.91. The maximum atomic E-state index is 6.19. The van der Waals surface area contributed by atoms with Crippen LogP contribution in [0.4, 0.5) is 5.69 Å². The number of aryl methyl sites for hydroxylation is 1. The number of nitrogens with one attached hydrogen (secondary N) is 1. The number of benzene rings is 2. The summed E-state index contributed by atoms with van der Waals surface area (Å²) in [5, 5.41) is 4.87. The summed E-state index contributed by atoms with van der Waals surface area (Å²) in [6.45, 7) is 2.19. The van der Waals surface area contributed by atoms with E-state index in [-0.39, 0.29) is 0 Å². The predicted octanol–water partition coefficient (Wildman–Crippen LogP) is 5.66. The predicted molar refractivity (Wildman–Crippen MR) is 87.0 cm³/mol. The Labute approximate surface area is 129 Å². The first-order chi connectivity index (χ1) is 9.63. The van der Waals surface area contributed by atoms with Crippen molar-refractivity contribution in [3.63, 3.8) is 0 Å². The van der Waals surface area contributed by atoms with Crippen LogP contribution in [-0.2, 0) is 0 Å². The van der Waals surface area contributed by atoms with Gasteiger partial charge in [-0.3, -0.25) is 0 Å². The smallest absolute Gasteiger partial charge is 0.0652 e. The highest BCUT2D eigenvalue weighted by Crippen LogP contribution is 2.40. The molecule has 104 valence electrons. The third-order valence-electron chi connectivity index (χ3n) is 4.06. The topological polar surface area (TPSA) is 12.0 Å². The van der Waals surface area contributed by atoms with Crippen molar-refractivity contribution in [2.45, 2.75) is 31.7 Å². The SMILES string of the molecule is Cc1ccccc1C1CC(Nc2ccc(Cl)cc2Cl)C1. The van der Waals surface area contributed by atoms with E-state index in [1.54, 1.807) is 6.07 Å². The molecule has 0 unspecified atom stereocenters. The zero-order valence-corrected chi connectivity index (χ0v) is 12.9. The second-order valence-corrected chi connectivity index (χ2v) is 6.33. The van der Waals surface area contributed by atoms with Gasteiger partial charge in [0.05, 0.1) is 10.7 Å². The molecule has 0 aliphatic heterocycles. The van der Waals surface area contributed by atoms with Crippen LogP contribution in [0.25, 0.3) is 0 Å². The Morgan fingerprint density at radius 2 is 1.80 bits per heavy atom. The lowest BCUT2D eigenvalue weighted by Gasteiger charge is -2.37. The molecule has 2 aromatic rings. The third kappa shape index (κ3) is 2.79. The van der Waals surface area contributed by atoms with Crippen molar-refractivity contribution in [3.8, 4) is 0 Å². The highest BCUT2D eigenvalue weighted by molar-refractivity contribution is 6.36. The van der Waals surface area contributed by atoms with E-state index in [0.717, 1.165) is 18.5 Å². The van der Waals surface area contributed by atoms with Gasteiger partial charge in [0.15, 0.2) is 0 Å². The molecule has 0 bridgehead atoms. The molecule has 1 N–H and O–H groups in total. The number of halogens is 2. The molecule has 0 spiro atoms. The van der Waals surface area contributed by atoms with Crippen LogP contribution in [0.5, 0.6) is 0 Å². The number of hydrogen-bond donors (Lipinski definition) is 1. The van der Waals surface area contributed by atoms with Crippen LogP contribution in [-0.4, -0.2) is 6.04 Å². The molecule has 1 nitrogen and oxygen atoms in total. The molecule has 0 aromatic heterocycles. The van der Waals surface area contributed by atoms with Crippen LogP contribution in [0.2, 0.25) is 10.0 Å². The highest BCUT2D eigenvalue weighted by atomic mass is 35.5. The Morgan fingerprint density at radius 1 is 1.05 bits per heavy atom. The Bertz CT molecular complexity index is 618. The molecule has 1 saturated carbocycles. The minimum absolute atomic E-state index is 0.498. The van der Waals surface area contributed by atoms with Crippen molar-refractivity contribution in [3.05, 3.63) is 63.6 Å². The minimum Gasteiger partial charge on any atom is -0.381 e. The largest absolute Gasteiger partial charge is 0.381 e. The van der Waals surface area contributed by atoms with Gasteiger partial charge in [-0.2, -0.15) is 0 Å². The molecule has 20 heavy (non-hydrogen) atoms. The van der Waals surface area contributed by atoms with Gasteiger partial charge in [0.25, 0.3) is 0 Å². The molecule has 1 aliphatic rings. The summed E-state index contributed by atoms with van der Waals surface area (Å²) < 4.78 is 0. The van der Waals surface area contributed by atoms with Gasteiger partial charge in [0.2, 0.25) is 0 Å². The van der Waals surface area contributed by atoms with Crippen molar-refractivity contribution in [1.82, 2.24) is 0 Å². The zero-order valence-electron chi connectivity index (χ0n) is 11.4. The fourth-order valence-corrected chi connectivity index (χ4v) is 3.32. The lowest BCUT2D eigenvalue weighted by atomic mass is 9.74. The first kappa shape index (κ1) is 13.8. The van der Waals surface area contributed by atoms with Gasteiger partial charge in [0.1, 0.15) is 0 Å². The van der Waals surface area contributed by atoms with Gasteiger partial charge in [-0.05, 0) is 55.0 Å². The summed E-state index contributed by atoms with van der Waals surface area (Å²) >= 11 is 12.1. The van der Waals surface area contributed by atoms with Gasteiger partial charge >= 0.3 is 0 Å². The monoisotopic (exact) mass is 305 g/mol. The lowest BCUT2D eigenvalue weighted by molar-refractivity contribution is 0.373. The van der Waals surface area contributed by atoms with Crippen molar-refractivity contribution < 1.29 is 0 Å². The van der Waals surface area contributed by atoms with Crippen LogP contribution in [0.3, 0.4) is 0 Å². The van der Waals surface area contributed by atoms with Crippen molar-refractivity contribution in [2.24, 2.45) is 0 Å². The van der Waals surface area contributed by atoms with E-state index in [4.69, 9.17) is 23.2 Å². The van der Waals surface area contributed by atoms with Gasteiger partial charge in [-0.15, -0.1) is 0 Å². The number of rotatable bonds is 3. The van der Waals surface area contributed by atoms with E-state index in [9.17, 15) is 0 Å². The molecule has 1 fully saturated rings. The summed E-state index contributed by atoms with van der Waals surface area (Å²) in [5.41, 5.74) is 3.84. The van der Waals surface area contributed by atoms with Crippen molar-refractivity contribution >= 4 is 28.9 Å². The summed E-state index contributed by atoms with van der Waals surface area (Å²) in [6.07, 6.45) is 2.31. The van der Waals surface area contributed by atoms with Gasteiger partial charge in [-0.25, -0.2) is 0 Å². The van der Waals surface area contributed by atoms with E-state index < -0.39 is 0 Å². The van der Waals surface area contributed by atoms with E-state index in [0.29, 0.717) is 22.0 Å². The molecular formula is C17H17Cl2N. The first-order valence-corrected chi connectivity index (χ1v) is 7.66. The van der Waals surface area contributed by atoms with E-state index in [1.807, 2.05) is 12.1 Å². The normalized spacial score (nSPS) is 21.4. The van der Waals surface area contributed by atoms with Crippen LogP contribution >= 0.6 is 23.2 Å². The first-order valence-electron chi connectivity index (χ1n) is 6.90. The maximum absolute atomic E-state index is 6.19. The molecule has 2 aromatic carbocycles. The van der Waals surface area contributed by atoms with Crippen LogP contribution in [0, 0.1) is 6.92 Å². The lowest BCUT2D eigenvalue weighted by Crippen LogP contribution is -2.34. The fourth-order valence-electron chi connectivity index (χ4n) is 2.86. The molecule has 0 atom stereocenters. The summed E-state index contributed by atoms with van der Waals surface area (Å²) in [5.74, 6) is 0.666. The van der Waals surface area contributed by atoms with Gasteiger partial charge in [0, 0.05) is 11.1 Å². The Balaban J connectivity index is 1.62. The second kappa shape index (κ2) is 5.67. The van der Waals surface area contributed by atoms with E-state index >= 15 is 0 Å². The zero-order chi connectivity index (χ0) is 14.1. The van der Waals surface area contributed by atoms with Crippen molar-refractivity contribution in [1.29, 1.82) is 0 Å². The summed E-state index contributed by atoms with van der Waals surface area (Å²) in [7, 11) is 0. The molecule has 3 rings (SSSR count). The van der Waals surface area contributed by atoms with Crippen molar-refractivity contribution in [2.75, 3.05) is 5.32 Å². The molecule has 0 amide bonds. The van der Waals surface area contributed by atoms with E-state index in [2.05, 4.69) is 36.5 Å². The Morgan fingerprint density at radius 3 is 2.50 bits per heavy atom. The average molecular weight is 306 g/mol. The van der Waals surface area contributed by atoms with Gasteiger partial charge in [-0.1, -0.05) is 47.5 Å². The maximum Gasteiger partial charge on any atom is 0.0652 e. The average Bonchev–Trinajstić information content (AvgIpc) is 2.37. The molecular weight excluding hydrogens is 289 g/mol. The molecule has 0 radical (unpaired) electrons. The second-order valence-electron chi connectivity index (χ2n) is 5.49. The number of anilines is 1. The molecule has 0 heterocycles. The third-order valence-corrected chi connectivity index (χ3v) is 4.60. The van der Waals surface area contributed by atoms with Gasteiger partial charge < -0.3 is 5.32 Å². The fraction of sp³-hybridized carbons (Fsp3) is 0.294. The summed E-state index contributed by atoms with van der Waals surface area (Å²) in [4.78, 5) is 0. The van der Waals surface area contributed by atoms with Crippen LogP contribution in [0.15, 0.2) is 42.5 Å². The van der Waals surface area contributed by atoms with Crippen LogP contribution in [0.1, 0.15) is 29.9 Å². The van der Waals surface area contributed by atoms with Crippen LogP contribution < -0.4 is 5.32 Å². The molecule has 1 aliphatic carbocycles. The molecule has 0 saturated heterocycles. The number of hydrogen-bond acceptors (Lipinski definition) is 1. The van der Waals surface area contributed by atoms with E-state index in [1.165, 1.54) is 11.1 Å².